The Morgan fingerprint density at radius 1 is 0.781 bits per heavy atom. The van der Waals surface area contributed by atoms with Gasteiger partial charge in [0, 0.05) is 27.8 Å². The number of hydrogen-bond donors (Lipinski definition) is 0. The van der Waals surface area contributed by atoms with Crippen molar-refractivity contribution in [3.8, 4) is 0 Å². The zero-order valence-corrected chi connectivity index (χ0v) is 19.4. The predicted octanol–water partition coefficient (Wildman–Crippen LogP) is 5.90. The Balaban J connectivity index is 2.22. The summed E-state index contributed by atoms with van der Waals surface area (Å²) in [4.78, 5) is 48.6. The summed E-state index contributed by atoms with van der Waals surface area (Å²) < 4.78 is 0.495. The molecule has 0 fully saturated rings. The van der Waals surface area contributed by atoms with Crippen LogP contribution in [0.4, 0.5) is 17.1 Å². The third kappa shape index (κ3) is 4.71. The molecule has 32 heavy (non-hydrogen) atoms. The number of nitrogens with zero attached hydrogens (tertiary/aromatic N) is 3. The van der Waals surface area contributed by atoms with E-state index in [1.54, 1.807) is 18.2 Å². The molecule has 3 aromatic carbocycles. The predicted molar refractivity (Wildman–Crippen MR) is 127 cm³/mol. The summed E-state index contributed by atoms with van der Waals surface area (Å²) in [5.74, 6) is -1.93. The number of non-ortho nitro benzene ring substituents is 2. The monoisotopic (exact) mass is 585 g/mol. The van der Waals surface area contributed by atoms with Gasteiger partial charge in [0.2, 0.25) is 0 Å². The molecule has 12 heteroatoms. The summed E-state index contributed by atoms with van der Waals surface area (Å²) in [6, 6.07) is 12.9. The molecule has 0 aliphatic carbocycles. The lowest BCUT2D eigenvalue weighted by molar-refractivity contribution is -0.385. The van der Waals surface area contributed by atoms with Crippen molar-refractivity contribution >= 4 is 74.7 Å². The van der Waals surface area contributed by atoms with Gasteiger partial charge in [-0.2, -0.15) is 0 Å². The highest BCUT2D eigenvalue weighted by Gasteiger charge is 2.31. The van der Waals surface area contributed by atoms with Crippen molar-refractivity contribution in [3.63, 3.8) is 0 Å². The molecule has 3 aromatic rings. The maximum absolute atomic E-state index is 13.5. The molecule has 162 valence electrons. The smallest absolute Gasteiger partial charge is 0.268 e. The SMILES string of the molecule is O=C(c1cc([N+](=O)[O-])ccc1Cl)N(C(=O)c1cc([N+](=O)[O-])ccc1Cl)c1ccccc1I. The fourth-order valence-electron chi connectivity index (χ4n) is 2.77. The lowest BCUT2D eigenvalue weighted by Crippen LogP contribution is -2.38. The molecule has 0 atom stereocenters. The molecular weight excluding hydrogens is 576 g/mol. The van der Waals surface area contributed by atoms with Crippen LogP contribution in [0.15, 0.2) is 60.7 Å². The van der Waals surface area contributed by atoms with E-state index < -0.39 is 33.0 Å². The molecular formula is C20H10Cl2IN3O6. The first-order chi connectivity index (χ1) is 15.1. The number of anilines is 1. The van der Waals surface area contributed by atoms with Gasteiger partial charge in [-0.25, -0.2) is 4.90 Å². The van der Waals surface area contributed by atoms with E-state index in [9.17, 15) is 29.8 Å². The molecule has 3 rings (SSSR count). The summed E-state index contributed by atoms with van der Waals surface area (Å²) >= 11 is 14.1. The van der Waals surface area contributed by atoms with Crippen molar-refractivity contribution in [1.82, 2.24) is 0 Å². The molecule has 9 nitrogen and oxygen atoms in total. The topological polar surface area (TPSA) is 124 Å². The highest BCUT2D eigenvalue weighted by Crippen LogP contribution is 2.32. The van der Waals surface area contributed by atoms with E-state index in [2.05, 4.69) is 0 Å². The Morgan fingerprint density at radius 3 is 1.62 bits per heavy atom. The van der Waals surface area contributed by atoms with Gasteiger partial charge in [0.1, 0.15) is 0 Å². The Kier molecular flexibility index (Phi) is 7.06. The van der Waals surface area contributed by atoms with Crippen molar-refractivity contribution < 1.29 is 19.4 Å². The van der Waals surface area contributed by atoms with E-state index in [1.165, 1.54) is 18.2 Å². The number of nitro benzene ring substituents is 2. The molecule has 0 unspecified atom stereocenters. The fraction of sp³-hybridized carbons (Fsp3) is 0. The Morgan fingerprint density at radius 2 is 1.22 bits per heavy atom. The van der Waals surface area contributed by atoms with E-state index in [0.717, 1.165) is 29.2 Å². The van der Waals surface area contributed by atoms with E-state index in [4.69, 9.17) is 23.2 Å². The van der Waals surface area contributed by atoms with Gasteiger partial charge in [0.15, 0.2) is 0 Å². The van der Waals surface area contributed by atoms with Gasteiger partial charge in [-0.15, -0.1) is 0 Å². The molecule has 0 radical (unpaired) electrons. The number of para-hydroxylation sites is 1. The number of benzene rings is 3. The molecule has 0 aliphatic rings. The zero-order valence-electron chi connectivity index (χ0n) is 15.7. The summed E-state index contributed by atoms with van der Waals surface area (Å²) in [7, 11) is 0. The number of nitro groups is 2. The van der Waals surface area contributed by atoms with Crippen LogP contribution in [-0.4, -0.2) is 21.7 Å². The number of imide groups is 1. The van der Waals surface area contributed by atoms with E-state index in [1.807, 2.05) is 22.6 Å². The molecule has 0 saturated carbocycles. The summed E-state index contributed by atoms with van der Waals surface area (Å²) in [5.41, 5.74) is -1.25. The van der Waals surface area contributed by atoms with Crippen LogP contribution in [-0.2, 0) is 0 Å². The van der Waals surface area contributed by atoms with E-state index in [0.29, 0.717) is 3.57 Å². The minimum atomic E-state index is -0.963. The van der Waals surface area contributed by atoms with Gasteiger partial charge in [-0.3, -0.25) is 29.8 Å². The van der Waals surface area contributed by atoms with Crippen LogP contribution in [0.5, 0.6) is 0 Å². The third-order valence-electron chi connectivity index (χ3n) is 4.28. The molecule has 0 saturated heterocycles. The van der Waals surface area contributed by atoms with Gasteiger partial charge in [0.25, 0.3) is 23.2 Å². The Hall–Kier alpha value is -3.09. The summed E-state index contributed by atoms with van der Waals surface area (Å²) in [6.07, 6.45) is 0. The second-order valence-corrected chi connectivity index (χ2v) is 8.22. The van der Waals surface area contributed by atoms with E-state index >= 15 is 0 Å². The maximum atomic E-state index is 13.5. The number of halogens is 3. The van der Waals surface area contributed by atoms with Crippen molar-refractivity contribution in [3.05, 3.63) is 106 Å². The minimum absolute atomic E-state index is 0.116. The summed E-state index contributed by atoms with van der Waals surface area (Å²) in [5, 5.41) is 22.1. The average molecular weight is 586 g/mol. The van der Waals surface area contributed by atoms with Gasteiger partial charge >= 0.3 is 0 Å². The normalized spacial score (nSPS) is 10.5. The number of hydrogen-bond acceptors (Lipinski definition) is 6. The van der Waals surface area contributed by atoms with Crippen LogP contribution in [0.3, 0.4) is 0 Å². The summed E-state index contributed by atoms with van der Waals surface area (Å²) in [6.45, 7) is 0. The van der Waals surface area contributed by atoms with Crippen LogP contribution in [0, 0.1) is 23.8 Å². The van der Waals surface area contributed by atoms with E-state index in [-0.39, 0.29) is 26.9 Å². The highest BCUT2D eigenvalue weighted by atomic mass is 127. The first-order valence-electron chi connectivity index (χ1n) is 8.63. The van der Waals surface area contributed by atoms with Crippen LogP contribution < -0.4 is 4.90 Å². The first-order valence-corrected chi connectivity index (χ1v) is 10.5. The standard InChI is InChI=1S/C20H10Cl2IN3O6/c21-15-7-5-11(25(29)30)9-13(15)19(27)24(18-4-2-1-3-17(18)23)20(28)14-10-12(26(31)32)6-8-16(14)22/h1-10H. The third-order valence-corrected chi connectivity index (χ3v) is 5.85. The highest BCUT2D eigenvalue weighted by molar-refractivity contribution is 14.1. The van der Waals surface area contributed by atoms with Crippen LogP contribution in [0.1, 0.15) is 20.7 Å². The Bertz CT molecular complexity index is 1210. The molecule has 0 aromatic heterocycles. The Labute approximate surface area is 204 Å². The molecule has 0 spiro atoms. The fourth-order valence-corrected chi connectivity index (χ4v) is 3.79. The van der Waals surface area contributed by atoms with Crippen molar-refractivity contribution in [1.29, 1.82) is 0 Å². The van der Waals surface area contributed by atoms with Crippen LogP contribution in [0.25, 0.3) is 0 Å². The quantitative estimate of drug-likeness (QED) is 0.159. The zero-order chi connectivity index (χ0) is 23.6. The van der Waals surface area contributed by atoms with Crippen molar-refractivity contribution in [2.24, 2.45) is 0 Å². The van der Waals surface area contributed by atoms with Gasteiger partial charge in [-0.1, -0.05) is 35.3 Å². The molecule has 0 bridgehead atoms. The van der Waals surface area contributed by atoms with Crippen molar-refractivity contribution in [2.45, 2.75) is 0 Å². The minimum Gasteiger partial charge on any atom is -0.268 e. The molecule has 0 N–H and O–H groups in total. The first kappa shape index (κ1) is 23.6. The second-order valence-electron chi connectivity index (χ2n) is 6.24. The molecule has 0 heterocycles. The molecule has 0 aliphatic heterocycles. The second kappa shape index (κ2) is 9.59. The number of amides is 2. The molecule has 2 amide bonds. The van der Waals surface area contributed by atoms with Crippen LogP contribution in [0.2, 0.25) is 10.0 Å². The van der Waals surface area contributed by atoms with Crippen LogP contribution >= 0.6 is 45.8 Å². The number of rotatable bonds is 5. The lowest BCUT2D eigenvalue weighted by Gasteiger charge is -2.23. The number of carbonyl (C=O) groups excluding carboxylic acids is 2. The maximum Gasteiger partial charge on any atom is 0.270 e. The van der Waals surface area contributed by atoms with Crippen molar-refractivity contribution in [2.75, 3.05) is 4.90 Å². The van der Waals surface area contributed by atoms with Gasteiger partial charge in [-0.05, 0) is 46.9 Å². The largest absolute Gasteiger partial charge is 0.270 e. The van der Waals surface area contributed by atoms with Gasteiger partial charge in [0.05, 0.1) is 36.7 Å². The van der Waals surface area contributed by atoms with Gasteiger partial charge < -0.3 is 0 Å². The number of carbonyl (C=O) groups is 2. The lowest BCUT2D eigenvalue weighted by atomic mass is 10.1. The average Bonchev–Trinajstić information content (AvgIpc) is 2.75.